The zero-order chi connectivity index (χ0) is 15.8. The standard InChI is InChI=1S/2C9H7.C4H8.2ClH.Zr/c2*1-2-5-9-7-3-6-8(9)4-1;1-3-4-2;;;/h2*1-7H;3H2,1-2H3;2*1H;/q;;;;;+2/p-2. The Kier molecular flexibility index (Phi) is 7.21. The van der Waals surface area contributed by atoms with Crippen LogP contribution in [-0.4, -0.2) is 3.21 Å². The molecule has 25 heavy (non-hydrogen) atoms. The van der Waals surface area contributed by atoms with Crippen molar-refractivity contribution in [1.29, 1.82) is 0 Å². The van der Waals surface area contributed by atoms with E-state index in [9.17, 15) is 0 Å². The molecule has 2 aliphatic carbocycles. The molecule has 2 aromatic carbocycles. The third kappa shape index (κ3) is 3.70. The van der Waals surface area contributed by atoms with Gasteiger partial charge in [0, 0.05) is 0 Å². The molecular weight excluding hydrogens is 426 g/mol. The van der Waals surface area contributed by atoms with Gasteiger partial charge in [0.25, 0.3) is 0 Å². The van der Waals surface area contributed by atoms with E-state index in [0.29, 0.717) is 7.25 Å². The van der Waals surface area contributed by atoms with Crippen LogP contribution in [0.5, 0.6) is 0 Å². The summed E-state index contributed by atoms with van der Waals surface area (Å²) in [6, 6.07) is 18.0. The van der Waals surface area contributed by atoms with Crippen molar-refractivity contribution in [3.05, 3.63) is 82.9 Å². The van der Waals surface area contributed by atoms with Gasteiger partial charge in [-0.15, -0.1) is 0 Å². The quantitative estimate of drug-likeness (QED) is 0.608. The third-order valence-electron chi connectivity index (χ3n) is 5.29. The second-order valence-electron chi connectivity index (χ2n) is 6.52. The van der Waals surface area contributed by atoms with Crippen molar-refractivity contribution >= 4 is 15.4 Å². The van der Waals surface area contributed by atoms with Gasteiger partial charge in [0.2, 0.25) is 0 Å². The van der Waals surface area contributed by atoms with E-state index in [1.165, 1.54) is 17.5 Å². The van der Waals surface area contributed by atoms with Crippen LogP contribution in [0.1, 0.15) is 49.8 Å². The first-order valence-electron chi connectivity index (χ1n) is 8.53. The van der Waals surface area contributed by atoms with Gasteiger partial charge in [-0.25, -0.2) is 0 Å². The molecule has 0 saturated carbocycles. The van der Waals surface area contributed by atoms with Crippen molar-refractivity contribution < 1.29 is 46.1 Å². The molecule has 0 aliphatic heterocycles. The average molecular weight is 449 g/mol. The van der Waals surface area contributed by atoms with Gasteiger partial charge < -0.3 is 24.8 Å². The maximum absolute atomic E-state index is 2.51. The minimum Gasteiger partial charge on any atom is -1.00 e. The summed E-state index contributed by atoms with van der Waals surface area (Å²) in [6.45, 7) is 4.77. The molecule has 0 aromatic heterocycles. The van der Waals surface area contributed by atoms with Crippen LogP contribution in [-0.2, 0) is 21.3 Å². The Morgan fingerprint density at radius 3 is 1.68 bits per heavy atom. The van der Waals surface area contributed by atoms with E-state index < -0.39 is 21.3 Å². The summed E-state index contributed by atoms with van der Waals surface area (Å²) in [7, 11) is 0. The minimum atomic E-state index is -1.87. The average Bonchev–Trinajstić information content (AvgIpc) is 3.20. The molecule has 0 radical (unpaired) electrons. The van der Waals surface area contributed by atoms with E-state index >= 15 is 0 Å². The Labute approximate surface area is 171 Å². The summed E-state index contributed by atoms with van der Waals surface area (Å²) in [6.07, 6.45) is 11.0. The van der Waals surface area contributed by atoms with Crippen molar-refractivity contribution in [3.63, 3.8) is 0 Å². The van der Waals surface area contributed by atoms with Crippen molar-refractivity contribution in [3.8, 4) is 0 Å². The summed E-state index contributed by atoms with van der Waals surface area (Å²) < 4.78 is 3.17. The molecule has 0 fully saturated rings. The fourth-order valence-corrected chi connectivity index (χ4v) is 13.0. The zero-order valence-corrected chi connectivity index (χ0v) is 18.5. The molecule has 0 heterocycles. The Morgan fingerprint density at radius 1 is 0.800 bits per heavy atom. The van der Waals surface area contributed by atoms with Crippen molar-refractivity contribution in [2.45, 2.75) is 27.5 Å². The summed E-state index contributed by atoms with van der Waals surface area (Å²) in [5.74, 6) is 0. The van der Waals surface area contributed by atoms with Crippen LogP contribution in [0.2, 0.25) is 0 Å². The normalized spacial score (nSPS) is 18.4. The number of allylic oxidation sites excluding steroid dienone is 2. The van der Waals surface area contributed by atoms with E-state index in [1.54, 1.807) is 14.3 Å². The van der Waals surface area contributed by atoms with Crippen LogP contribution in [0.15, 0.2) is 60.7 Å². The molecular formula is C22H22Cl2Zr. The van der Waals surface area contributed by atoms with Gasteiger partial charge in [-0.1, -0.05) is 0 Å². The number of hydrogen-bond acceptors (Lipinski definition) is 0. The van der Waals surface area contributed by atoms with Gasteiger partial charge in [0.1, 0.15) is 0 Å². The Hall–Kier alpha value is -0.747. The van der Waals surface area contributed by atoms with E-state index in [2.05, 4.69) is 86.7 Å². The molecule has 4 rings (SSSR count). The molecule has 2 aromatic rings. The van der Waals surface area contributed by atoms with Crippen LogP contribution in [0.3, 0.4) is 0 Å². The fourth-order valence-electron chi connectivity index (χ4n) is 3.97. The molecule has 3 heteroatoms. The first-order valence-corrected chi connectivity index (χ1v) is 12.6. The number of rotatable bonds is 3. The second kappa shape index (κ2) is 8.76. The molecule has 0 saturated heterocycles. The molecule has 0 spiro atoms. The number of benzene rings is 2. The van der Waals surface area contributed by atoms with Crippen molar-refractivity contribution in [2.75, 3.05) is 0 Å². The van der Waals surface area contributed by atoms with Crippen LogP contribution >= 0.6 is 0 Å². The predicted molar refractivity (Wildman–Crippen MR) is 97.4 cm³/mol. The number of hydrogen-bond donors (Lipinski definition) is 0. The zero-order valence-electron chi connectivity index (χ0n) is 14.5. The van der Waals surface area contributed by atoms with E-state index in [4.69, 9.17) is 0 Å². The summed E-state index contributed by atoms with van der Waals surface area (Å²) >= 11 is -1.87. The monoisotopic (exact) mass is 446 g/mol. The Bertz CT molecular complexity index is 785. The van der Waals surface area contributed by atoms with E-state index in [-0.39, 0.29) is 24.8 Å². The van der Waals surface area contributed by atoms with E-state index in [1.807, 2.05) is 0 Å². The fraction of sp³-hybridized carbons (Fsp3) is 0.227. The largest absolute Gasteiger partial charge is 1.00 e. The van der Waals surface area contributed by atoms with Gasteiger partial charge in [-0.3, -0.25) is 0 Å². The van der Waals surface area contributed by atoms with Gasteiger partial charge in [0.05, 0.1) is 0 Å². The topological polar surface area (TPSA) is 0 Å². The molecule has 0 amide bonds. The second-order valence-corrected chi connectivity index (χ2v) is 13.9. The SMILES string of the molecule is CC[C](C)=[Zr+2]([CH]1C=Cc2ccccc21)[CH]1C=Cc2ccccc21.[Cl-].[Cl-]. The summed E-state index contributed by atoms with van der Waals surface area (Å²) in [4.78, 5) is 0. The molecule has 0 N–H and O–H groups in total. The smallest absolute Gasteiger partial charge is 1.00 e. The molecule has 2 unspecified atom stereocenters. The molecule has 128 valence electrons. The summed E-state index contributed by atoms with van der Waals surface area (Å²) in [5, 5.41) is 0. The van der Waals surface area contributed by atoms with Crippen LogP contribution in [0.25, 0.3) is 12.2 Å². The van der Waals surface area contributed by atoms with Crippen LogP contribution in [0.4, 0.5) is 0 Å². The minimum absolute atomic E-state index is 0. The van der Waals surface area contributed by atoms with Gasteiger partial charge in [-0.2, -0.15) is 0 Å². The predicted octanol–water partition coefficient (Wildman–Crippen LogP) is -0.249. The Balaban J connectivity index is 0.00000113. The van der Waals surface area contributed by atoms with Crippen molar-refractivity contribution in [2.24, 2.45) is 0 Å². The molecule has 0 bridgehead atoms. The first-order chi connectivity index (χ1) is 11.3. The molecule has 2 atom stereocenters. The van der Waals surface area contributed by atoms with Gasteiger partial charge in [-0.05, 0) is 0 Å². The van der Waals surface area contributed by atoms with Crippen molar-refractivity contribution in [1.82, 2.24) is 0 Å². The first kappa shape index (κ1) is 20.6. The maximum Gasteiger partial charge on any atom is -1.00 e. The van der Waals surface area contributed by atoms with Gasteiger partial charge >= 0.3 is 147 Å². The molecule has 0 nitrogen and oxygen atoms in total. The molecule has 2 aliphatic rings. The summed E-state index contributed by atoms with van der Waals surface area (Å²) in [5.41, 5.74) is 6.03. The number of fused-ring (bicyclic) bond motifs is 2. The third-order valence-corrected chi connectivity index (χ3v) is 14.4. The van der Waals surface area contributed by atoms with E-state index in [0.717, 1.165) is 0 Å². The Morgan fingerprint density at radius 2 is 1.24 bits per heavy atom. The van der Waals surface area contributed by atoms with Crippen LogP contribution < -0.4 is 24.8 Å². The van der Waals surface area contributed by atoms with Crippen LogP contribution in [0, 0.1) is 0 Å². The maximum atomic E-state index is 2.51. The number of halogens is 2. The van der Waals surface area contributed by atoms with Gasteiger partial charge in [0.15, 0.2) is 0 Å².